The maximum atomic E-state index is 12.7. The first-order valence-corrected chi connectivity index (χ1v) is 10.3. The van der Waals surface area contributed by atoms with Gasteiger partial charge in [-0.25, -0.2) is 4.79 Å². The van der Waals surface area contributed by atoms with Crippen molar-refractivity contribution < 1.29 is 53.7 Å². The van der Waals surface area contributed by atoms with Gasteiger partial charge >= 0.3 is 5.97 Å². The molecule has 0 radical (unpaired) electrons. The van der Waals surface area contributed by atoms with Gasteiger partial charge in [0.25, 0.3) is 0 Å². The Morgan fingerprint density at radius 1 is 0.971 bits per heavy atom. The van der Waals surface area contributed by atoms with Crippen molar-refractivity contribution >= 4 is 16.9 Å². The van der Waals surface area contributed by atoms with Crippen molar-refractivity contribution in [3.05, 3.63) is 46.6 Å². The first-order chi connectivity index (χ1) is 16.7. The fourth-order valence-corrected chi connectivity index (χ4v) is 3.73. The van der Waals surface area contributed by atoms with E-state index in [1.54, 1.807) is 0 Å². The minimum atomic E-state index is -1.83. The topological polar surface area (TPSA) is 185 Å². The number of rotatable bonds is 6. The number of methoxy groups -OCH3 is 2. The largest absolute Gasteiger partial charge is 0.504 e. The smallest absolute Gasteiger partial charge is 0.335 e. The van der Waals surface area contributed by atoms with Crippen molar-refractivity contribution in [2.75, 3.05) is 14.2 Å². The number of fused-ring (bicyclic) bond motifs is 1. The number of aliphatic hydroxyl groups excluding tert-OH is 3. The van der Waals surface area contributed by atoms with E-state index in [-0.39, 0.29) is 34.0 Å². The second-order valence-corrected chi connectivity index (χ2v) is 7.69. The summed E-state index contributed by atoms with van der Waals surface area (Å²) >= 11 is 0. The number of carboxylic acid groups (broad SMARTS) is 1. The second kappa shape index (κ2) is 9.43. The van der Waals surface area contributed by atoms with Crippen LogP contribution < -0.4 is 19.6 Å². The van der Waals surface area contributed by atoms with Crippen molar-refractivity contribution in [1.29, 1.82) is 0 Å². The molecule has 1 saturated heterocycles. The molecule has 0 amide bonds. The lowest BCUT2D eigenvalue weighted by atomic mass is 9.99. The third-order valence-electron chi connectivity index (χ3n) is 5.54. The Morgan fingerprint density at radius 2 is 1.66 bits per heavy atom. The van der Waals surface area contributed by atoms with Crippen LogP contribution in [-0.2, 0) is 9.53 Å². The van der Waals surface area contributed by atoms with Crippen LogP contribution in [0.25, 0.3) is 22.3 Å². The maximum absolute atomic E-state index is 12.7. The highest BCUT2D eigenvalue weighted by atomic mass is 16.7. The molecule has 0 aliphatic carbocycles. The van der Waals surface area contributed by atoms with E-state index in [9.17, 15) is 30.0 Å². The number of phenols is 1. The Balaban J connectivity index is 1.62. The van der Waals surface area contributed by atoms with Crippen LogP contribution in [0.5, 0.6) is 23.0 Å². The number of hydrogen-bond donors (Lipinski definition) is 5. The Kier molecular flexibility index (Phi) is 6.54. The van der Waals surface area contributed by atoms with E-state index >= 15 is 0 Å². The standard InChI is InChI=1S/C23H22O12/c1-31-14-8-13-15(16(25)20(14)32-2)11(24)7-12(34-13)9-3-5-10(6-4-9)33-23-19(28)17(26)18(27)21(35-23)22(29)30/h3-8,17-19,21,23,25-28H,1-2H3,(H,29,30). The van der Waals surface area contributed by atoms with Gasteiger partial charge in [-0.05, 0) is 24.3 Å². The van der Waals surface area contributed by atoms with E-state index in [4.69, 9.17) is 28.5 Å². The molecule has 5 unspecified atom stereocenters. The highest BCUT2D eigenvalue weighted by Gasteiger charge is 2.48. The van der Waals surface area contributed by atoms with Crippen LogP contribution >= 0.6 is 0 Å². The summed E-state index contributed by atoms with van der Waals surface area (Å²) in [5, 5.41) is 49.2. The van der Waals surface area contributed by atoms with Crippen LogP contribution in [0.15, 0.2) is 45.6 Å². The minimum absolute atomic E-state index is 0.00329. The number of carbonyl (C=O) groups is 1. The third kappa shape index (κ3) is 4.35. The van der Waals surface area contributed by atoms with Gasteiger partial charge < -0.3 is 48.9 Å². The van der Waals surface area contributed by atoms with Crippen LogP contribution in [-0.4, -0.2) is 76.4 Å². The van der Waals surface area contributed by atoms with Crippen molar-refractivity contribution in [3.63, 3.8) is 0 Å². The summed E-state index contributed by atoms with van der Waals surface area (Å²) in [4.78, 5) is 23.9. The van der Waals surface area contributed by atoms with Crippen LogP contribution in [0.4, 0.5) is 0 Å². The van der Waals surface area contributed by atoms with E-state index in [0.29, 0.717) is 5.56 Å². The molecule has 12 heteroatoms. The number of aliphatic carboxylic acids is 1. The number of phenolic OH excluding ortho intramolecular Hbond substituents is 1. The first kappa shape index (κ1) is 24.3. The normalized spacial score (nSPS) is 24.2. The van der Waals surface area contributed by atoms with E-state index in [0.717, 1.165) is 0 Å². The molecule has 0 saturated carbocycles. The fraction of sp³-hybridized carbons (Fsp3) is 0.304. The molecule has 5 atom stereocenters. The summed E-state index contributed by atoms with van der Waals surface area (Å²) in [6, 6.07) is 8.53. The number of hydrogen-bond acceptors (Lipinski definition) is 11. The zero-order chi connectivity index (χ0) is 25.4. The molecule has 1 fully saturated rings. The lowest BCUT2D eigenvalue weighted by molar-refractivity contribution is -0.271. The van der Waals surface area contributed by atoms with Gasteiger partial charge in [0.2, 0.25) is 12.0 Å². The molecule has 3 aromatic rings. The summed E-state index contributed by atoms with van der Waals surface area (Å²) in [6.07, 6.45) is -8.70. The Hall–Kier alpha value is -3.84. The molecule has 4 rings (SSSR count). The molecule has 35 heavy (non-hydrogen) atoms. The molecule has 2 heterocycles. The zero-order valence-corrected chi connectivity index (χ0v) is 18.4. The van der Waals surface area contributed by atoms with Gasteiger partial charge in [0.15, 0.2) is 23.0 Å². The fourth-order valence-electron chi connectivity index (χ4n) is 3.73. The molecule has 5 N–H and O–H groups in total. The Labute approximate surface area is 197 Å². The van der Waals surface area contributed by atoms with Crippen LogP contribution in [0.1, 0.15) is 0 Å². The quantitative estimate of drug-likeness (QED) is 0.322. The number of aliphatic hydroxyl groups is 3. The average Bonchev–Trinajstić information content (AvgIpc) is 2.83. The summed E-state index contributed by atoms with van der Waals surface area (Å²) in [7, 11) is 2.69. The Morgan fingerprint density at radius 3 is 2.26 bits per heavy atom. The van der Waals surface area contributed by atoms with Gasteiger partial charge in [0.1, 0.15) is 40.8 Å². The summed E-state index contributed by atoms with van der Waals surface area (Å²) in [5.41, 5.74) is -0.00502. The van der Waals surface area contributed by atoms with E-state index < -0.39 is 47.9 Å². The number of ether oxygens (including phenoxy) is 4. The third-order valence-corrected chi connectivity index (χ3v) is 5.54. The van der Waals surface area contributed by atoms with Gasteiger partial charge in [0.05, 0.1) is 14.2 Å². The number of benzene rings is 2. The lowest BCUT2D eigenvalue weighted by Gasteiger charge is -2.38. The molecule has 186 valence electrons. The van der Waals surface area contributed by atoms with E-state index in [1.165, 1.54) is 50.6 Å². The van der Waals surface area contributed by atoms with Gasteiger partial charge in [0, 0.05) is 17.7 Å². The van der Waals surface area contributed by atoms with Crippen LogP contribution in [0, 0.1) is 0 Å². The lowest BCUT2D eigenvalue weighted by Crippen LogP contribution is -2.61. The maximum Gasteiger partial charge on any atom is 0.335 e. The SMILES string of the molecule is COc1cc2oc(-c3ccc(OC4OC(C(=O)O)C(O)C(O)C4O)cc3)cc(=O)c2c(O)c1OC. The molecule has 1 aliphatic heterocycles. The monoisotopic (exact) mass is 490 g/mol. The zero-order valence-electron chi connectivity index (χ0n) is 18.4. The first-order valence-electron chi connectivity index (χ1n) is 10.3. The molecule has 1 aliphatic rings. The highest BCUT2D eigenvalue weighted by molar-refractivity contribution is 5.89. The predicted octanol–water partition coefficient (Wildman–Crippen LogP) is 0.454. The molecular formula is C23H22O12. The van der Waals surface area contributed by atoms with Crippen molar-refractivity contribution in [2.45, 2.75) is 30.7 Å². The Bertz CT molecular complexity index is 1300. The summed E-state index contributed by atoms with van der Waals surface area (Å²) in [5.74, 6) is -1.48. The van der Waals surface area contributed by atoms with Gasteiger partial charge in [-0.3, -0.25) is 4.79 Å². The van der Waals surface area contributed by atoms with Crippen LogP contribution in [0.3, 0.4) is 0 Å². The summed E-state index contributed by atoms with van der Waals surface area (Å²) in [6.45, 7) is 0. The van der Waals surface area contributed by atoms with Gasteiger partial charge in [-0.1, -0.05) is 0 Å². The minimum Gasteiger partial charge on any atom is -0.504 e. The molecule has 0 bridgehead atoms. The number of aromatic hydroxyl groups is 1. The second-order valence-electron chi connectivity index (χ2n) is 7.69. The van der Waals surface area contributed by atoms with Gasteiger partial charge in [-0.2, -0.15) is 0 Å². The van der Waals surface area contributed by atoms with Crippen molar-refractivity contribution in [2.24, 2.45) is 0 Å². The van der Waals surface area contributed by atoms with Crippen molar-refractivity contribution in [1.82, 2.24) is 0 Å². The molecule has 2 aromatic carbocycles. The molecule has 0 spiro atoms. The molecule has 1 aromatic heterocycles. The molecule has 12 nitrogen and oxygen atoms in total. The summed E-state index contributed by atoms with van der Waals surface area (Å²) < 4.78 is 26.6. The van der Waals surface area contributed by atoms with Crippen molar-refractivity contribution in [3.8, 4) is 34.3 Å². The molecular weight excluding hydrogens is 468 g/mol. The predicted molar refractivity (Wildman–Crippen MR) is 118 cm³/mol. The van der Waals surface area contributed by atoms with E-state index in [1.807, 2.05) is 0 Å². The highest BCUT2D eigenvalue weighted by Crippen LogP contribution is 2.42. The van der Waals surface area contributed by atoms with E-state index in [2.05, 4.69) is 0 Å². The van der Waals surface area contributed by atoms with Gasteiger partial charge in [-0.15, -0.1) is 0 Å². The van der Waals surface area contributed by atoms with Crippen LogP contribution in [0.2, 0.25) is 0 Å². The number of carboxylic acids is 1. The average molecular weight is 490 g/mol.